The van der Waals surface area contributed by atoms with E-state index >= 15 is 0 Å². The van der Waals surface area contributed by atoms with Crippen LogP contribution in [0.3, 0.4) is 0 Å². The van der Waals surface area contributed by atoms with E-state index in [0.717, 1.165) is 19.3 Å². The lowest BCUT2D eigenvalue weighted by atomic mass is 9.91. The highest BCUT2D eigenvalue weighted by Gasteiger charge is 2.37. The molecule has 16 heavy (non-hydrogen) atoms. The number of hydrogen-bond acceptors (Lipinski definition) is 2. The van der Waals surface area contributed by atoms with Crippen molar-refractivity contribution < 1.29 is 9.90 Å². The standard InChI is InChI=1S/C13H27NO2/c1-6-7-8-9-10-13(4,12(15)16)14(5)11(2)3/h11H,6-10H2,1-5H3,(H,15,16). The number of carbonyl (C=O) groups is 1. The molecule has 3 heteroatoms. The van der Waals surface area contributed by atoms with Crippen molar-refractivity contribution in [3.8, 4) is 0 Å². The lowest BCUT2D eigenvalue weighted by Gasteiger charge is -2.38. The fraction of sp³-hybridized carbons (Fsp3) is 0.923. The second kappa shape index (κ2) is 6.89. The lowest BCUT2D eigenvalue weighted by Crippen LogP contribution is -2.53. The Labute approximate surface area is 99.8 Å². The fourth-order valence-electron chi connectivity index (χ4n) is 1.90. The number of aliphatic carboxylic acids is 1. The molecule has 1 atom stereocenters. The zero-order valence-electron chi connectivity index (χ0n) is 11.4. The number of carboxylic acid groups (broad SMARTS) is 1. The second-order valence-corrected chi connectivity index (χ2v) is 5.09. The molecule has 1 unspecified atom stereocenters. The molecule has 0 aromatic carbocycles. The highest BCUT2D eigenvalue weighted by atomic mass is 16.4. The zero-order valence-corrected chi connectivity index (χ0v) is 11.4. The maximum Gasteiger partial charge on any atom is 0.323 e. The van der Waals surface area contributed by atoms with Crippen LogP contribution in [0.1, 0.15) is 59.8 Å². The van der Waals surface area contributed by atoms with E-state index in [1.54, 1.807) is 0 Å². The van der Waals surface area contributed by atoms with Crippen molar-refractivity contribution in [1.29, 1.82) is 0 Å². The summed E-state index contributed by atoms with van der Waals surface area (Å²) in [4.78, 5) is 13.3. The van der Waals surface area contributed by atoms with Gasteiger partial charge in [0.15, 0.2) is 0 Å². The minimum absolute atomic E-state index is 0.257. The third-order valence-electron chi connectivity index (χ3n) is 3.53. The van der Waals surface area contributed by atoms with Crippen LogP contribution in [-0.4, -0.2) is 34.6 Å². The topological polar surface area (TPSA) is 40.5 Å². The van der Waals surface area contributed by atoms with Crippen molar-refractivity contribution in [2.45, 2.75) is 71.4 Å². The summed E-state index contributed by atoms with van der Waals surface area (Å²) in [5.41, 5.74) is -0.720. The summed E-state index contributed by atoms with van der Waals surface area (Å²) in [6.07, 6.45) is 5.24. The van der Waals surface area contributed by atoms with Crippen molar-refractivity contribution in [3.05, 3.63) is 0 Å². The van der Waals surface area contributed by atoms with Gasteiger partial charge in [0.1, 0.15) is 5.54 Å². The van der Waals surface area contributed by atoms with Gasteiger partial charge in [0.2, 0.25) is 0 Å². The Balaban J connectivity index is 4.40. The molecule has 0 saturated heterocycles. The van der Waals surface area contributed by atoms with Crippen LogP contribution >= 0.6 is 0 Å². The Kier molecular flexibility index (Phi) is 6.65. The van der Waals surface area contributed by atoms with Gasteiger partial charge in [-0.05, 0) is 34.2 Å². The van der Waals surface area contributed by atoms with E-state index < -0.39 is 11.5 Å². The molecule has 0 saturated carbocycles. The van der Waals surface area contributed by atoms with Crippen LogP contribution in [0.5, 0.6) is 0 Å². The first-order chi connectivity index (χ1) is 7.36. The molecular formula is C13H27NO2. The molecule has 0 rings (SSSR count). The second-order valence-electron chi connectivity index (χ2n) is 5.09. The third kappa shape index (κ3) is 4.12. The summed E-state index contributed by atoms with van der Waals surface area (Å²) in [7, 11) is 1.90. The molecule has 0 amide bonds. The fourth-order valence-corrected chi connectivity index (χ4v) is 1.90. The number of nitrogens with zero attached hydrogens (tertiary/aromatic N) is 1. The van der Waals surface area contributed by atoms with E-state index in [0.29, 0.717) is 0 Å². The largest absolute Gasteiger partial charge is 0.480 e. The summed E-state index contributed by atoms with van der Waals surface area (Å²) < 4.78 is 0. The average Bonchev–Trinajstić information content (AvgIpc) is 2.22. The predicted molar refractivity (Wildman–Crippen MR) is 67.7 cm³/mol. The number of unbranched alkanes of at least 4 members (excludes halogenated alkanes) is 3. The van der Waals surface area contributed by atoms with Crippen LogP contribution in [0.2, 0.25) is 0 Å². The molecule has 0 aliphatic heterocycles. The summed E-state index contributed by atoms with van der Waals surface area (Å²) in [6.45, 7) is 8.07. The smallest absolute Gasteiger partial charge is 0.323 e. The van der Waals surface area contributed by atoms with Gasteiger partial charge in [-0.15, -0.1) is 0 Å². The molecule has 96 valence electrons. The molecule has 0 aromatic rings. The van der Waals surface area contributed by atoms with Crippen molar-refractivity contribution in [2.75, 3.05) is 7.05 Å². The first-order valence-electron chi connectivity index (χ1n) is 6.32. The Hall–Kier alpha value is -0.570. The van der Waals surface area contributed by atoms with Gasteiger partial charge in [-0.2, -0.15) is 0 Å². The van der Waals surface area contributed by atoms with E-state index in [4.69, 9.17) is 0 Å². The van der Waals surface area contributed by atoms with E-state index in [1.807, 2.05) is 32.7 Å². The third-order valence-corrected chi connectivity index (χ3v) is 3.53. The van der Waals surface area contributed by atoms with Crippen molar-refractivity contribution >= 4 is 5.97 Å². The van der Waals surface area contributed by atoms with Crippen LogP contribution in [0, 0.1) is 0 Å². The first-order valence-corrected chi connectivity index (χ1v) is 6.32. The van der Waals surface area contributed by atoms with Gasteiger partial charge in [-0.3, -0.25) is 9.69 Å². The van der Waals surface area contributed by atoms with E-state index in [9.17, 15) is 9.90 Å². The Morgan fingerprint density at radius 2 is 1.88 bits per heavy atom. The molecule has 0 spiro atoms. The van der Waals surface area contributed by atoms with Crippen LogP contribution in [0.15, 0.2) is 0 Å². The highest BCUT2D eigenvalue weighted by molar-refractivity contribution is 5.78. The van der Waals surface area contributed by atoms with Gasteiger partial charge in [0, 0.05) is 6.04 Å². The van der Waals surface area contributed by atoms with E-state index in [2.05, 4.69) is 6.92 Å². The summed E-state index contributed by atoms with van der Waals surface area (Å²) >= 11 is 0. The number of likely N-dealkylation sites (N-methyl/N-ethyl adjacent to an activating group) is 1. The maximum atomic E-state index is 11.4. The van der Waals surface area contributed by atoms with Gasteiger partial charge in [-0.1, -0.05) is 32.6 Å². The Morgan fingerprint density at radius 1 is 1.31 bits per heavy atom. The van der Waals surface area contributed by atoms with Crippen molar-refractivity contribution in [1.82, 2.24) is 4.90 Å². The van der Waals surface area contributed by atoms with Gasteiger partial charge in [-0.25, -0.2) is 0 Å². The van der Waals surface area contributed by atoms with Gasteiger partial charge >= 0.3 is 5.97 Å². The zero-order chi connectivity index (χ0) is 12.8. The summed E-state index contributed by atoms with van der Waals surface area (Å²) in [6, 6.07) is 0.257. The maximum absolute atomic E-state index is 11.4. The van der Waals surface area contributed by atoms with Gasteiger partial charge in [0.25, 0.3) is 0 Å². The molecule has 0 fully saturated rings. The molecule has 1 N–H and O–H groups in total. The molecule has 0 radical (unpaired) electrons. The molecule has 0 aliphatic rings. The van der Waals surface area contributed by atoms with Gasteiger partial charge < -0.3 is 5.11 Å². The van der Waals surface area contributed by atoms with Gasteiger partial charge in [0.05, 0.1) is 0 Å². The Bertz CT molecular complexity index is 216. The Morgan fingerprint density at radius 3 is 2.25 bits per heavy atom. The molecule has 0 heterocycles. The predicted octanol–water partition coefficient (Wildman–Crippen LogP) is 3.14. The van der Waals surface area contributed by atoms with Crippen LogP contribution in [-0.2, 0) is 4.79 Å². The normalized spacial score (nSPS) is 15.4. The SMILES string of the molecule is CCCCCCC(C)(C(=O)O)N(C)C(C)C. The number of rotatable bonds is 8. The molecule has 0 aromatic heterocycles. The number of hydrogen-bond donors (Lipinski definition) is 1. The summed E-state index contributed by atoms with van der Waals surface area (Å²) in [5, 5.41) is 9.37. The molecular weight excluding hydrogens is 202 g/mol. The quantitative estimate of drug-likeness (QED) is 0.650. The van der Waals surface area contributed by atoms with E-state index in [-0.39, 0.29) is 6.04 Å². The van der Waals surface area contributed by atoms with Crippen molar-refractivity contribution in [3.63, 3.8) is 0 Å². The molecule has 0 bridgehead atoms. The monoisotopic (exact) mass is 229 g/mol. The first kappa shape index (κ1) is 15.4. The lowest BCUT2D eigenvalue weighted by molar-refractivity contribution is -0.151. The average molecular weight is 229 g/mol. The minimum atomic E-state index is -0.720. The molecule has 3 nitrogen and oxygen atoms in total. The summed E-state index contributed by atoms with van der Waals surface area (Å²) in [5.74, 6) is -0.708. The van der Waals surface area contributed by atoms with E-state index in [1.165, 1.54) is 12.8 Å². The highest BCUT2D eigenvalue weighted by Crippen LogP contribution is 2.24. The van der Waals surface area contributed by atoms with Crippen LogP contribution in [0.4, 0.5) is 0 Å². The molecule has 0 aliphatic carbocycles. The van der Waals surface area contributed by atoms with Crippen LogP contribution in [0.25, 0.3) is 0 Å². The number of carboxylic acids is 1. The van der Waals surface area contributed by atoms with Crippen LogP contribution < -0.4 is 0 Å². The van der Waals surface area contributed by atoms with Crippen molar-refractivity contribution in [2.24, 2.45) is 0 Å². The minimum Gasteiger partial charge on any atom is -0.480 e.